The van der Waals surface area contributed by atoms with Gasteiger partial charge < -0.3 is 10.1 Å². The van der Waals surface area contributed by atoms with E-state index in [9.17, 15) is 14.4 Å². The van der Waals surface area contributed by atoms with Crippen LogP contribution >= 0.6 is 43.6 Å². The Balaban J connectivity index is 1.43. The van der Waals surface area contributed by atoms with Gasteiger partial charge in [-0.1, -0.05) is 36.4 Å². The molecule has 1 N–H and O–H groups in total. The van der Waals surface area contributed by atoms with Crippen molar-refractivity contribution in [3.63, 3.8) is 0 Å². The van der Waals surface area contributed by atoms with Crippen molar-refractivity contribution >= 4 is 72.4 Å². The van der Waals surface area contributed by atoms with Crippen LogP contribution in [-0.4, -0.2) is 28.5 Å². The highest BCUT2D eigenvalue weighted by Crippen LogP contribution is 2.38. The molecule has 3 aromatic carbocycles. The molecular weight excluding hydrogens is 608 g/mol. The van der Waals surface area contributed by atoms with Crippen molar-refractivity contribution in [1.29, 1.82) is 0 Å². The first-order valence-corrected chi connectivity index (χ1v) is 13.4. The van der Waals surface area contributed by atoms with Crippen molar-refractivity contribution in [3.05, 3.63) is 96.8 Å². The Bertz CT molecular complexity index is 1350. The predicted molar refractivity (Wildman–Crippen MR) is 150 cm³/mol. The molecule has 0 spiro atoms. The van der Waals surface area contributed by atoms with Gasteiger partial charge in [0.1, 0.15) is 18.9 Å². The van der Waals surface area contributed by atoms with Crippen LogP contribution in [0.3, 0.4) is 0 Å². The number of halogens is 2. The molecule has 1 fully saturated rings. The maximum Gasteiger partial charge on any atom is 0.294 e. The van der Waals surface area contributed by atoms with Gasteiger partial charge in [-0.25, -0.2) is 0 Å². The summed E-state index contributed by atoms with van der Waals surface area (Å²) in [5.74, 6) is -0.309. The molecule has 0 saturated carbocycles. The number of aryl methyl sites for hydroxylation is 2. The summed E-state index contributed by atoms with van der Waals surface area (Å²) in [5.41, 5.74) is 4.50. The number of hydrogen-bond donors (Lipinski definition) is 1. The zero-order chi connectivity index (χ0) is 25.8. The van der Waals surface area contributed by atoms with E-state index < -0.39 is 17.1 Å². The average molecular weight is 630 g/mol. The number of anilines is 1. The molecule has 6 nitrogen and oxygen atoms in total. The Morgan fingerprint density at radius 1 is 1.00 bits per heavy atom. The van der Waals surface area contributed by atoms with Crippen molar-refractivity contribution in [2.24, 2.45) is 0 Å². The number of nitrogens with zero attached hydrogens (tertiary/aromatic N) is 1. The quantitative estimate of drug-likeness (QED) is 0.283. The molecule has 9 heteroatoms. The van der Waals surface area contributed by atoms with Gasteiger partial charge in [0.05, 0.1) is 13.9 Å². The van der Waals surface area contributed by atoms with E-state index in [0.717, 1.165) is 33.4 Å². The summed E-state index contributed by atoms with van der Waals surface area (Å²) in [6.45, 7) is 3.98. The van der Waals surface area contributed by atoms with Gasteiger partial charge in [-0.05, 0) is 110 Å². The number of carbonyl (C=O) groups is 3. The highest BCUT2D eigenvalue weighted by molar-refractivity contribution is 9.11. The Labute approximate surface area is 230 Å². The second kappa shape index (κ2) is 11.5. The van der Waals surface area contributed by atoms with Crippen molar-refractivity contribution in [3.8, 4) is 5.75 Å². The molecule has 36 heavy (non-hydrogen) atoms. The van der Waals surface area contributed by atoms with Crippen molar-refractivity contribution in [2.75, 3.05) is 11.9 Å². The Kier molecular flexibility index (Phi) is 8.33. The van der Waals surface area contributed by atoms with Crippen LogP contribution in [0, 0.1) is 13.8 Å². The van der Waals surface area contributed by atoms with Crippen LogP contribution in [0.5, 0.6) is 5.75 Å². The molecule has 0 atom stereocenters. The smallest absolute Gasteiger partial charge is 0.294 e. The third-order valence-corrected chi connectivity index (χ3v) is 7.60. The summed E-state index contributed by atoms with van der Waals surface area (Å²) in [4.78, 5) is 39.1. The lowest BCUT2D eigenvalue weighted by atomic mass is 10.1. The van der Waals surface area contributed by atoms with E-state index in [2.05, 4.69) is 37.2 Å². The molecule has 4 rings (SSSR count). The molecular formula is C27H22Br2N2O4S. The van der Waals surface area contributed by atoms with E-state index in [4.69, 9.17) is 4.74 Å². The minimum atomic E-state index is -0.503. The van der Waals surface area contributed by atoms with E-state index >= 15 is 0 Å². The van der Waals surface area contributed by atoms with Crippen molar-refractivity contribution in [1.82, 2.24) is 4.90 Å². The standard InChI is InChI=1S/C27H22Br2N2O4S/c1-16-8-9-20(10-17(16)2)30-24(32)14-31-26(33)23(36-27(31)34)13-19-11-21(28)25(22(29)12-19)35-15-18-6-4-3-5-7-18/h3-13H,14-15H2,1-2H3,(H,30,32)/b23-13+. The van der Waals surface area contributed by atoms with Gasteiger partial charge in [0, 0.05) is 5.69 Å². The van der Waals surface area contributed by atoms with Crippen LogP contribution in [0.1, 0.15) is 22.3 Å². The van der Waals surface area contributed by atoms with Crippen LogP contribution in [0.2, 0.25) is 0 Å². The number of imide groups is 1. The molecule has 0 unspecified atom stereocenters. The summed E-state index contributed by atoms with van der Waals surface area (Å²) < 4.78 is 7.35. The molecule has 1 saturated heterocycles. The Morgan fingerprint density at radius 2 is 1.69 bits per heavy atom. The third-order valence-electron chi connectivity index (χ3n) is 5.51. The zero-order valence-electron chi connectivity index (χ0n) is 19.5. The summed E-state index contributed by atoms with van der Waals surface area (Å²) >= 11 is 7.86. The van der Waals surface area contributed by atoms with Gasteiger partial charge in [0.15, 0.2) is 0 Å². The molecule has 1 heterocycles. The average Bonchev–Trinajstić information content (AvgIpc) is 3.09. The Hall–Kier alpha value is -2.88. The lowest BCUT2D eigenvalue weighted by Gasteiger charge is -2.13. The molecule has 0 radical (unpaired) electrons. The molecule has 0 bridgehead atoms. The zero-order valence-corrected chi connectivity index (χ0v) is 23.5. The molecule has 0 aromatic heterocycles. The summed E-state index contributed by atoms with van der Waals surface area (Å²) in [7, 11) is 0. The fourth-order valence-electron chi connectivity index (χ4n) is 3.48. The minimum absolute atomic E-state index is 0.246. The third kappa shape index (κ3) is 6.27. The number of thioether (sulfide) groups is 1. The summed E-state index contributed by atoms with van der Waals surface area (Å²) in [5, 5.41) is 2.26. The lowest BCUT2D eigenvalue weighted by Crippen LogP contribution is -2.36. The number of carbonyl (C=O) groups excluding carboxylic acids is 3. The van der Waals surface area contributed by atoms with Gasteiger partial charge in [0.25, 0.3) is 11.1 Å². The Morgan fingerprint density at radius 3 is 2.36 bits per heavy atom. The molecule has 0 aliphatic carbocycles. The molecule has 3 aromatic rings. The van der Waals surface area contributed by atoms with E-state index in [1.807, 2.05) is 68.4 Å². The van der Waals surface area contributed by atoms with Crippen molar-refractivity contribution in [2.45, 2.75) is 20.5 Å². The van der Waals surface area contributed by atoms with Gasteiger partial charge in [0.2, 0.25) is 5.91 Å². The number of nitrogens with one attached hydrogen (secondary N) is 1. The van der Waals surface area contributed by atoms with Crippen molar-refractivity contribution < 1.29 is 19.1 Å². The summed E-state index contributed by atoms with van der Waals surface area (Å²) in [6.07, 6.45) is 1.63. The topological polar surface area (TPSA) is 75.7 Å². The van der Waals surface area contributed by atoms with Crippen LogP contribution in [-0.2, 0) is 16.2 Å². The molecule has 1 aliphatic rings. The van der Waals surface area contributed by atoms with E-state index in [1.165, 1.54) is 0 Å². The van der Waals surface area contributed by atoms with Gasteiger partial charge in [-0.15, -0.1) is 0 Å². The van der Waals surface area contributed by atoms with Gasteiger partial charge >= 0.3 is 0 Å². The highest BCUT2D eigenvalue weighted by Gasteiger charge is 2.36. The monoisotopic (exact) mass is 628 g/mol. The second-order valence-corrected chi connectivity index (χ2v) is 10.9. The van der Waals surface area contributed by atoms with Crippen LogP contribution in [0.4, 0.5) is 10.5 Å². The minimum Gasteiger partial charge on any atom is -0.487 e. The largest absolute Gasteiger partial charge is 0.487 e. The number of benzene rings is 3. The first-order valence-electron chi connectivity index (χ1n) is 11.0. The second-order valence-electron chi connectivity index (χ2n) is 8.20. The maximum absolute atomic E-state index is 12.9. The van der Waals surface area contributed by atoms with Crippen LogP contribution in [0.15, 0.2) is 74.5 Å². The van der Waals surface area contributed by atoms with Crippen LogP contribution < -0.4 is 10.1 Å². The normalized spacial score (nSPS) is 14.4. The molecule has 1 aliphatic heterocycles. The number of rotatable bonds is 7. The van der Waals surface area contributed by atoms with E-state index in [-0.39, 0.29) is 11.4 Å². The van der Waals surface area contributed by atoms with Crippen LogP contribution in [0.25, 0.3) is 6.08 Å². The number of ether oxygens (including phenoxy) is 1. The fraction of sp³-hybridized carbons (Fsp3) is 0.148. The fourth-order valence-corrected chi connectivity index (χ4v) is 5.77. The number of amides is 3. The first kappa shape index (κ1) is 26.2. The summed E-state index contributed by atoms with van der Waals surface area (Å²) in [6, 6.07) is 19.0. The number of hydrogen-bond acceptors (Lipinski definition) is 5. The maximum atomic E-state index is 12.9. The predicted octanol–water partition coefficient (Wildman–Crippen LogP) is 7.08. The first-order chi connectivity index (χ1) is 17.2. The lowest BCUT2D eigenvalue weighted by molar-refractivity contribution is -0.127. The highest BCUT2D eigenvalue weighted by atomic mass is 79.9. The van der Waals surface area contributed by atoms with E-state index in [0.29, 0.717) is 32.6 Å². The van der Waals surface area contributed by atoms with E-state index in [1.54, 1.807) is 12.1 Å². The van der Waals surface area contributed by atoms with Gasteiger partial charge in [-0.3, -0.25) is 19.3 Å². The SMILES string of the molecule is Cc1ccc(NC(=O)CN2C(=O)S/C(=C/c3cc(Br)c(OCc4ccccc4)c(Br)c3)C2=O)cc1C. The molecule has 184 valence electrons. The van der Waals surface area contributed by atoms with Gasteiger partial charge in [-0.2, -0.15) is 0 Å². The molecule has 3 amide bonds.